The molecule has 0 aliphatic carbocycles. The van der Waals surface area contributed by atoms with E-state index in [-0.39, 0.29) is 30.2 Å². The maximum Gasteiger partial charge on any atom is 0.336 e. The summed E-state index contributed by atoms with van der Waals surface area (Å²) >= 11 is 13.0. The van der Waals surface area contributed by atoms with Crippen molar-refractivity contribution in [3.8, 4) is 58.5 Å². The number of hydrogen-bond acceptors (Lipinski definition) is 15. The van der Waals surface area contributed by atoms with Gasteiger partial charge in [0, 0.05) is 131 Å². The van der Waals surface area contributed by atoms with Crippen molar-refractivity contribution in [3.63, 3.8) is 0 Å². The van der Waals surface area contributed by atoms with E-state index in [0.717, 1.165) is 97.2 Å². The Morgan fingerprint density at radius 3 is 1.31 bits per heavy atom. The van der Waals surface area contributed by atoms with Crippen LogP contribution in [0.5, 0.6) is 0 Å². The Morgan fingerprint density at radius 2 is 0.844 bits per heavy atom. The van der Waals surface area contributed by atoms with Crippen LogP contribution in [-0.4, -0.2) is 19.1 Å². The summed E-state index contributed by atoms with van der Waals surface area (Å²) in [5, 5.41) is 6.16. The molecule has 0 atom stereocenters. The normalized spacial score (nSPS) is 11.7. The lowest BCUT2D eigenvalue weighted by Gasteiger charge is -2.28. The average Bonchev–Trinajstić information content (AvgIpc) is 1.39. The number of thiophene rings is 7. The molecule has 3 aromatic carbocycles. The highest BCUT2D eigenvalue weighted by Gasteiger charge is 2.25. The fraction of sp³-hybridized carbons (Fsp3) is 0.346. The van der Waals surface area contributed by atoms with Crippen LogP contribution < -0.4 is 21.1 Å². The second-order valence-corrected chi connectivity index (χ2v) is 32.7. The third kappa shape index (κ3) is 16.4. The van der Waals surface area contributed by atoms with Crippen molar-refractivity contribution in [2.24, 2.45) is 0 Å². The van der Waals surface area contributed by atoms with E-state index in [1.165, 1.54) is 129 Å². The summed E-state index contributed by atoms with van der Waals surface area (Å²) in [4.78, 5) is 60.2. The zero-order valence-corrected chi connectivity index (χ0v) is 62.3. The van der Waals surface area contributed by atoms with Crippen LogP contribution in [0, 0.1) is 27.7 Å². The molecule has 9 heterocycles. The van der Waals surface area contributed by atoms with Gasteiger partial charge in [-0.3, -0.25) is 4.79 Å². The van der Waals surface area contributed by atoms with E-state index in [0.29, 0.717) is 37.3 Å². The van der Waals surface area contributed by atoms with E-state index < -0.39 is 0 Å². The minimum atomic E-state index is -0.367. The van der Waals surface area contributed by atoms with Gasteiger partial charge < -0.3 is 23.4 Å². The molecule has 0 saturated heterocycles. The maximum atomic E-state index is 15.0. The summed E-state index contributed by atoms with van der Waals surface area (Å²) in [7, 11) is 0. The molecule has 0 bridgehead atoms. The topological polar surface area (TPSA) is 93.2 Å². The highest BCUT2D eigenvalue weighted by atomic mass is 32.1. The van der Waals surface area contributed by atoms with E-state index >= 15 is 4.79 Å². The molecule has 96 heavy (non-hydrogen) atoms. The molecule has 0 fully saturated rings. The van der Waals surface area contributed by atoms with Gasteiger partial charge in [0.15, 0.2) is 0 Å². The van der Waals surface area contributed by atoms with Gasteiger partial charge in [-0.1, -0.05) is 108 Å². The van der Waals surface area contributed by atoms with Gasteiger partial charge in [-0.25, -0.2) is 9.59 Å². The smallest absolute Gasteiger partial charge is 0.336 e. The Balaban J connectivity index is 0.898. The first kappa shape index (κ1) is 69.0. The lowest BCUT2D eigenvalue weighted by Crippen LogP contribution is -2.25. The predicted octanol–water partition coefficient (Wildman–Crippen LogP) is 24.7. The van der Waals surface area contributed by atoms with Crippen LogP contribution in [0.15, 0.2) is 151 Å². The van der Waals surface area contributed by atoms with Gasteiger partial charge in [0.05, 0.1) is 6.42 Å². The Kier molecular flexibility index (Phi) is 23.1. The molecule has 12 rings (SSSR count). The minimum Gasteiger partial charge on any atom is -0.461 e. The van der Waals surface area contributed by atoms with Crippen molar-refractivity contribution in [1.29, 1.82) is 0 Å². The van der Waals surface area contributed by atoms with Gasteiger partial charge in [0.1, 0.15) is 17.8 Å². The zero-order valence-electron chi connectivity index (χ0n) is 56.5. The SMILES string of the molecule is CCCCCCCCc1cc(-c2cc(CC(=O)OCc3cc(CN(CC)c4cc5oc(=O)cc(C)c5cc4C)cc(CN(CC)c4cc5oc(=O)cc(C)c5cc4C)c3)c(-c3cc(CCCCCCCC)c(-c4ccc(-c5cccs5)s4)s3)s2)sc1-c1ccc(-c2cccs2)s1. The fourth-order valence-corrected chi connectivity index (χ4v) is 21.0. The Bertz CT molecular complexity index is 4600. The van der Waals surface area contributed by atoms with Crippen LogP contribution in [0.25, 0.3) is 80.5 Å². The van der Waals surface area contributed by atoms with Crippen molar-refractivity contribution in [2.45, 2.75) is 171 Å². The first-order chi connectivity index (χ1) is 46.7. The number of nitrogens with zero attached hydrogens (tertiary/aromatic N) is 2. The molecular formula is C81H86N2O6S7. The monoisotopic (exact) mass is 1410 g/mol. The van der Waals surface area contributed by atoms with E-state index in [1.807, 2.05) is 82.7 Å². The van der Waals surface area contributed by atoms with Crippen LogP contribution in [0.3, 0.4) is 0 Å². The molecule has 12 aromatic rings. The predicted molar refractivity (Wildman–Crippen MR) is 416 cm³/mol. The second kappa shape index (κ2) is 32.2. The number of aryl methyl sites for hydroxylation is 6. The van der Waals surface area contributed by atoms with Crippen LogP contribution >= 0.6 is 79.4 Å². The number of anilines is 2. The lowest BCUT2D eigenvalue weighted by molar-refractivity contribution is -0.144. The molecule has 0 radical (unpaired) electrons. The third-order valence-corrected chi connectivity index (χ3v) is 26.8. The average molecular weight is 1410 g/mol. The molecule has 0 saturated carbocycles. The standard InChI is InChI=1S/C81H86N2O6S7/c1-9-13-15-17-19-21-25-58-42-73(94-79(58)71-31-29-69(92-71)67-27-23-33-90-67)74-44-60(81(95-74)75-43-59(26-22-20-18-16-14-10-2)80(96-75)72-32-30-70(93-72)68-28-24-34-91-68)45-76(84)87-50-57-40-55(48-82(11-3)63-46-65-61(35-53(63)7)51(5)37-77(85)88-65)39-56(41-57)49-83(12-4)64-47-66-62(36-54(64)8)52(6)38-78(86)89-66/h23-24,27-44,46-47H,9-22,25-26,45,48-50H2,1-8H3. The first-order valence-corrected chi connectivity index (χ1v) is 40.1. The molecule has 15 heteroatoms. The van der Waals surface area contributed by atoms with Gasteiger partial charge in [-0.05, 0) is 200 Å². The van der Waals surface area contributed by atoms with Crippen molar-refractivity contribution in [2.75, 3.05) is 22.9 Å². The van der Waals surface area contributed by atoms with Crippen LogP contribution in [0.1, 0.15) is 160 Å². The van der Waals surface area contributed by atoms with Gasteiger partial charge >= 0.3 is 17.2 Å². The lowest BCUT2D eigenvalue weighted by atomic mass is 10.0. The number of carbonyl (C=O) groups excluding carboxylic acids is 1. The summed E-state index contributed by atoms with van der Waals surface area (Å²) in [5.74, 6) is -0.275. The number of carbonyl (C=O) groups is 1. The van der Waals surface area contributed by atoms with Gasteiger partial charge in [-0.15, -0.1) is 79.4 Å². The molecule has 0 aliphatic rings. The fourth-order valence-electron chi connectivity index (χ4n) is 13.2. The van der Waals surface area contributed by atoms with Crippen molar-refractivity contribution >= 4 is 119 Å². The summed E-state index contributed by atoms with van der Waals surface area (Å²) in [6.45, 7) is 19.5. The van der Waals surface area contributed by atoms with Crippen LogP contribution in [-0.2, 0) is 48.5 Å². The summed E-state index contributed by atoms with van der Waals surface area (Å²) in [6.07, 6.45) is 17.1. The second-order valence-electron chi connectivity index (χ2n) is 25.5. The number of hydrogen-bond donors (Lipinski definition) is 0. The molecular weight excluding hydrogens is 1320 g/mol. The van der Waals surface area contributed by atoms with Gasteiger partial charge in [0.2, 0.25) is 0 Å². The molecule has 0 amide bonds. The largest absolute Gasteiger partial charge is 0.461 e. The van der Waals surface area contributed by atoms with Crippen molar-refractivity contribution < 1.29 is 18.4 Å². The molecule has 498 valence electrons. The van der Waals surface area contributed by atoms with Crippen molar-refractivity contribution in [1.82, 2.24) is 0 Å². The summed E-state index contributed by atoms with van der Waals surface area (Å²) in [5.41, 5.74) is 13.1. The molecule has 0 spiro atoms. The number of benzene rings is 3. The third-order valence-electron chi connectivity index (χ3n) is 18.3. The molecule has 0 aliphatic heterocycles. The minimum absolute atomic E-state index is 0.0873. The highest BCUT2D eigenvalue weighted by molar-refractivity contribution is 7.31. The zero-order chi connectivity index (χ0) is 66.8. The quantitative estimate of drug-likeness (QED) is 0.0234. The number of ether oxygens (including phenoxy) is 1. The molecule has 9 aromatic heterocycles. The molecule has 0 N–H and O–H groups in total. The van der Waals surface area contributed by atoms with E-state index in [4.69, 9.17) is 13.6 Å². The van der Waals surface area contributed by atoms with Crippen LogP contribution in [0.2, 0.25) is 0 Å². The molecule has 0 unspecified atom stereocenters. The van der Waals surface area contributed by atoms with Crippen LogP contribution in [0.4, 0.5) is 11.4 Å². The van der Waals surface area contributed by atoms with Crippen molar-refractivity contribution in [3.05, 3.63) is 209 Å². The first-order valence-electron chi connectivity index (χ1n) is 34.3. The number of esters is 1. The number of rotatable bonds is 32. The van der Waals surface area contributed by atoms with E-state index in [2.05, 4.69) is 159 Å². The van der Waals surface area contributed by atoms with Gasteiger partial charge in [-0.2, -0.15) is 0 Å². The molecule has 8 nitrogen and oxygen atoms in total. The maximum absolute atomic E-state index is 15.0. The summed E-state index contributed by atoms with van der Waals surface area (Å²) in [6, 6.07) is 43.1. The van der Waals surface area contributed by atoms with Gasteiger partial charge in [0.25, 0.3) is 0 Å². The highest BCUT2D eigenvalue weighted by Crippen LogP contribution is 2.51. The Labute approximate surface area is 593 Å². The Hall–Kier alpha value is -6.95. The Morgan fingerprint density at radius 1 is 0.417 bits per heavy atom. The summed E-state index contributed by atoms with van der Waals surface area (Å²) < 4.78 is 18.1. The number of fused-ring (bicyclic) bond motifs is 2. The number of unbranched alkanes of at least 4 members (excludes halogenated alkanes) is 10. The van der Waals surface area contributed by atoms with E-state index in [1.54, 1.807) is 34.8 Å². The van der Waals surface area contributed by atoms with E-state index in [9.17, 15) is 9.59 Å².